The number of aromatic nitrogens is 4. The van der Waals surface area contributed by atoms with Crippen LogP contribution in [0.15, 0.2) is 10.6 Å². The van der Waals surface area contributed by atoms with Crippen molar-refractivity contribution in [3.8, 4) is 0 Å². The van der Waals surface area contributed by atoms with Crippen molar-refractivity contribution in [3.05, 3.63) is 29.2 Å². The van der Waals surface area contributed by atoms with Gasteiger partial charge >= 0.3 is 6.18 Å². The average Bonchev–Trinajstić information content (AvgIpc) is 3.27. The van der Waals surface area contributed by atoms with Gasteiger partial charge in [0.05, 0.1) is 5.69 Å². The van der Waals surface area contributed by atoms with Gasteiger partial charge in [-0.3, -0.25) is 9.58 Å². The van der Waals surface area contributed by atoms with Gasteiger partial charge in [0.15, 0.2) is 5.82 Å². The molecule has 2 aliphatic heterocycles. The number of methoxy groups -OCH3 is 1. The highest BCUT2D eigenvalue weighted by Crippen LogP contribution is 2.36. The zero-order chi connectivity index (χ0) is 19.8. The molecule has 0 aliphatic carbocycles. The summed E-state index contributed by atoms with van der Waals surface area (Å²) in [5.41, 5.74) is 1.53. The minimum Gasteiger partial charge on any atom is -0.368 e. The number of hydrogen-bond acceptors (Lipinski definition) is 6. The Morgan fingerprint density at radius 1 is 1.21 bits per heavy atom. The maximum Gasteiger partial charge on any atom is 0.396 e. The first-order valence-electron chi connectivity index (χ1n) is 9.60. The first kappa shape index (κ1) is 19.4. The van der Waals surface area contributed by atoms with Crippen molar-refractivity contribution in [2.45, 2.75) is 63.4 Å². The Hall–Kier alpha value is -1.94. The maximum atomic E-state index is 12.5. The summed E-state index contributed by atoms with van der Waals surface area (Å²) >= 11 is 0. The molecule has 4 heterocycles. The Balaban J connectivity index is 1.39. The predicted molar refractivity (Wildman–Crippen MR) is 92.4 cm³/mol. The Labute approximate surface area is 160 Å². The molecule has 1 fully saturated rings. The summed E-state index contributed by atoms with van der Waals surface area (Å²) < 4.78 is 50.5. The smallest absolute Gasteiger partial charge is 0.368 e. The van der Waals surface area contributed by atoms with E-state index in [1.54, 1.807) is 0 Å². The van der Waals surface area contributed by atoms with Crippen LogP contribution in [0.25, 0.3) is 0 Å². The third-order valence-corrected chi connectivity index (χ3v) is 5.62. The summed E-state index contributed by atoms with van der Waals surface area (Å²) in [6.45, 7) is 3.17. The first-order chi connectivity index (χ1) is 13.4. The van der Waals surface area contributed by atoms with E-state index >= 15 is 0 Å². The highest BCUT2D eigenvalue weighted by Gasteiger charge is 2.42. The molecule has 0 N–H and O–H groups in total. The Morgan fingerprint density at radius 2 is 2.00 bits per heavy atom. The van der Waals surface area contributed by atoms with Crippen molar-refractivity contribution < 1.29 is 22.4 Å². The quantitative estimate of drug-likeness (QED) is 0.770. The number of aryl methyl sites for hydroxylation is 2. The van der Waals surface area contributed by atoms with Gasteiger partial charge < -0.3 is 9.26 Å². The molecule has 0 spiro atoms. The number of halogens is 3. The van der Waals surface area contributed by atoms with E-state index in [0.717, 1.165) is 25.2 Å². The molecule has 0 atom stereocenters. The second kappa shape index (κ2) is 7.47. The molecule has 1 saturated heterocycles. The molecular weight excluding hydrogens is 375 g/mol. The lowest BCUT2D eigenvalue weighted by Crippen LogP contribution is -2.43. The molecule has 0 aromatic carbocycles. The van der Waals surface area contributed by atoms with E-state index in [9.17, 15) is 13.2 Å². The lowest BCUT2D eigenvalue weighted by Gasteiger charge is -2.38. The van der Waals surface area contributed by atoms with Gasteiger partial charge in [-0.05, 0) is 38.2 Å². The van der Waals surface area contributed by atoms with E-state index in [0.29, 0.717) is 25.9 Å². The molecule has 28 heavy (non-hydrogen) atoms. The zero-order valence-electron chi connectivity index (χ0n) is 15.8. The van der Waals surface area contributed by atoms with Crippen LogP contribution in [-0.2, 0) is 36.3 Å². The van der Waals surface area contributed by atoms with Gasteiger partial charge in [-0.15, -0.1) is 0 Å². The largest absolute Gasteiger partial charge is 0.396 e. The van der Waals surface area contributed by atoms with E-state index in [4.69, 9.17) is 14.4 Å². The molecule has 0 bridgehead atoms. The zero-order valence-corrected chi connectivity index (χ0v) is 15.8. The Kier molecular flexibility index (Phi) is 5.17. The lowest BCUT2D eigenvalue weighted by molar-refractivity contribution is -0.128. The SMILES string of the molecule is COC1(c2nc(CC(F)(F)F)no2)CCN(Cc2cc3n(n2)CCCC3)CC1. The fraction of sp³-hybridized carbons (Fsp3) is 0.722. The second-order valence-electron chi connectivity index (χ2n) is 7.59. The standard InChI is InChI=1S/C18H24F3N5O2/c1-27-17(16-22-15(24-28-16)11-18(19,20)21)5-8-25(9-6-17)12-13-10-14-4-2-3-7-26(14)23-13/h10H,2-9,11-12H2,1H3. The maximum absolute atomic E-state index is 12.5. The third-order valence-electron chi connectivity index (χ3n) is 5.62. The number of alkyl halides is 3. The van der Waals surface area contributed by atoms with E-state index in [1.165, 1.54) is 25.6 Å². The van der Waals surface area contributed by atoms with Gasteiger partial charge in [0.1, 0.15) is 12.0 Å². The van der Waals surface area contributed by atoms with Gasteiger partial charge in [0.2, 0.25) is 0 Å². The summed E-state index contributed by atoms with van der Waals surface area (Å²) in [6.07, 6.45) is -0.949. The van der Waals surface area contributed by atoms with Crippen LogP contribution in [0.4, 0.5) is 13.2 Å². The van der Waals surface area contributed by atoms with E-state index < -0.39 is 18.2 Å². The van der Waals surface area contributed by atoms with E-state index in [2.05, 4.69) is 25.8 Å². The Morgan fingerprint density at radius 3 is 2.68 bits per heavy atom. The summed E-state index contributed by atoms with van der Waals surface area (Å²) in [4.78, 5) is 6.23. The Bertz CT molecular complexity index is 785. The number of rotatable bonds is 5. The highest BCUT2D eigenvalue weighted by molar-refractivity contribution is 5.12. The van der Waals surface area contributed by atoms with Gasteiger partial charge in [0, 0.05) is 39.0 Å². The van der Waals surface area contributed by atoms with E-state index in [1.807, 2.05) is 0 Å². The number of nitrogens with zero attached hydrogens (tertiary/aromatic N) is 5. The first-order valence-corrected chi connectivity index (χ1v) is 9.60. The number of fused-ring (bicyclic) bond motifs is 1. The van der Waals surface area contributed by atoms with Crippen LogP contribution < -0.4 is 0 Å². The molecule has 0 radical (unpaired) electrons. The van der Waals surface area contributed by atoms with Crippen LogP contribution in [0.1, 0.15) is 48.8 Å². The molecule has 2 aliphatic rings. The number of ether oxygens (including phenoxy) is 1. The van der Waals surface area contributed by atoms with Crippen LogP contribution in [0.2, 0.25) is 0 Å². The molecule has 0 saturated carbocycles. The molecule has 2 aromatic heterocycles. The van der Waals surface area contributed by atoms with Crippen molar-refractivity contribution in [2.75, 3.05) is 20.2 Å². The van der Waals surface area contributed by atoms with Crippen LogP contribution in [0.5, 0.6) is 0 Å². The molecule has 2 aromatic rings. The van der Waals surface area contributed by atoms with Gasteiger partial charge in [-0.2, -0.15) is 23.3 Å². The normalized spacial score (nSPS) is 20.3. The van der Waals surface area contributed by atoms with Crippen LogP contribution in [0.3, 0.4) is 0 Å². The fourth-order valence-electron chi connectivity index (χ4n) is 4.05. The molecule has 10 heteroatoms. The lowest BCUT2D eigenvalue weighted by atomic mass is 9.90. The van der Waals surface area contributed by atoms with Crippen molar-refractivity contribution in [1.29, 1.82) is 0 Å². The molecule has 154 valence electrons. The van der Waals surface area contributed by atoms with Gasteiger partial charge in [0.25, 0.3) is 5.89 Å². The summed E-state index contributed by atoms with van der Waals surface area (Å²) in [7, 11) is 1.53. The van der Waals surface area contributed by atoms with Crippen LogP contribution in [-0.4, -0.2) is 51.2 Å². The molecule has 0 amide bonds. The summed E-state index contributed by atoms with van der Waals surface area (Å²) in [5.74, 6) is -0.226. The number of likely N-dealkylation sites (tertiary alicyclic amines) is 1. The second-order valence-corrected chi connectivity index (χ2v) is 7.59. The fourth-order valence-corrected chi connectivity index (χ4v) is 4.05. The van der Waals surface area contributed by atoms with Gasteiger partial charge in [-0.25, -0.2) is 0 Å². The number of hydrogen-bond donors (Lipinski definition) is 0. The minimum atomic E-state index is -4.37. The third kappa shape index (κ3) is 4.07. The van der Waals surface area contributed by atoms with Crippen molar-refractivity contribution >= 4 is 0 Å². The van der Waals surface area contributed by atoms with Crippen molar-refractivity contribution in [2.24, 2.45) is 0 Å². The van der Waals surface area contributed by atoms with Crippen LogP contribution in [0, 0.1) is 0 Å². The van der Waals surface area contributed by atoms with Crippen molar-refractivity contribution in [3.63, 3.8) is 0 Å². The van der Waals surface area contributed by atoms with Crippen molar-refractivity contribution in [1.82, 2.24) is 24.8 Å². The monoisotopic (exact) mass is 399 g/mol. The summed E-state index contributed by atoms with van der Waals surface area (Å²) in [6, 6.07) is 2.18. The van der Waals surface area contributed by atoms with E-state index in [-0.39, 0.29) is 11.7 Å². The molecule has 7 nitrogen and oxygen atoms in total. The molecule has 4 rings (SSSR count). The highest BCUT2D eigenvalue weighted by atomic mass is 19.4. The molecular formula is C18H24F3N5O2. The predicted octanol–water partition coefficient (Wildman–Crippen LogP) is 2.84. The number of piperidine rings is 1. The topological polar surface area (TPSA) is 69.2 Å². The minimum absolute atomic E-state index is 0.131. The van der Waals surface area contributed by atoms with Gasteiger partial charge in [-0.1, -0.05) is 5.16 Å². The van der Waals surface area contributed by atoms with Crippen LogP contribution >= 0.6 is 0 Å². The molecule has 0 unspecified atom stereocenters. The average molecular weight is 399 g/mol. The summed E-state index contributed by atoms with van der Waals surface area (Å²) in [5, 5.41) is 8.17.